The van der Waals surface area contributed by atoms with E-state index in [-0.39, 0.29) is 5.91 Å². The van der Waals surface area contributed by atoms with Crippen LogP contribution in [0.1, 0.15) is 20.1 Å². The number of imidazole rings is 1. The first-order valence-electron chi connectivity index (χ1n) is 7.16. The van der Waals surface area contributed by atoms with Gasteiger partial charge in [-0.3, -0.25) is 4.79 Å². The average Bonchev–Trinajstić information content (AvgIpc) is 3.08. The highest BCUT2D eigenvalue weighted by Crippen LogP contribution is 2.27. The first kappa shape index (κ1) is 15.8. The van der Waals surface area contributed by atoms with Gasteiger partial charge in [0, 0.05) is 34.9 Å². The Bertz CT molecular complexity index is 814. The third-order valence-electron chi connectivity index (χ3n) is 3.49. The molecular formula is C17H17N3OS2. The number of anilines is 1. The normalized spacial score (nSPS) is 10.7. The van der Waals surface area contributed by atoms with E-state index in [1.807, 2.05) is 62.0 Å². The molecule has 0 spiro atoms. The summed E-state index contributed by atoms with van der Waals surface area (Å²) in [6.07, 6.45) is 3.70. The number of aryl methyl sites for hydroxylation is 3. The zero-order valence-corrected chi connectivity index (χ0v) is 14.8. The fourth-order valence-corrected chi connectivity index (χ4v) is 3.77. The minimum atomic E-state index is -0.0595. The Hall–Kier alpha value is -2.05. The second kappa shape index (κ2) is 6.60. The van der Waals surface area contributed by atoms with Crippen molar-refractivity contribution in [3.63, 3.8) is 0 Å². The summed E-state index contributed by atoms with van der Waals surface area (Å²) in [4.78, 5) is 19.5. The van der Waals surface area contributed by atoms with Crippen LogP contribution < -0.4 is 5.32 Å². The van der Waals surface area contributed by atoms with Crippen LogP contribution >= 0.6 is 23.1 Å². The molecule has 1 aromatic carbocycles. The van der Waals surface area contributed by atoms with Gasteiger partial charge in [-0.2, -0.15) is 0 Å². The number of aromatic nitrogens is 2. The zero-order valence-electron chi connectivity index (χ0n) is 13.2. The van der Waals surface area contributed by atoms with Gasteiger partial charge in [0.2, 0.25) is 0 Å². The number of carbonyl (C=O) groups is 1. The fraction of sp³-hybridized carbons (Fsp3) is 0.176. The Labute approximate surface area is 143 Å². The van der Waals surface area contributed by atoms with Gasteiger partial charge in [-0.1, -0.05) is 11.8 Å². The molecule has 2 aromatic heterocycles. The van der Waals surface area contributed by atoms with E-state index < -0.39 is 0 Å². The summed E-state index contributed by atoms with van der Waals surface area (Å²) < 4.78 is 1.97. The van der Waals surface area contributed by atoms with Gasteiger partial charge >= 0.3 is 0 Å². The number of nitrogens with one attached hydrogen (secondary N) is 1. The van der Waals surface area contributed by atoms with Crippen molar-refractivity contribution in [3.05, 3.63) is 58.0 Å². The summed E-state index contributed by atoms with van der Waals surface area (Å²) in [6, 6.07) is 9.73. The van der Waals surface area contributed by atoms with Gasteiger partial charge in [-0.05, 0) is 49.7 Å². The van der Waals surface area contributed by atoms with E-state index in [0.717, 1.165) is 26.2 Å². The molecule has 23 heavy (non-hydrogen) atoms. The number of nitrogens with zero attached hydrogens (tertiary/aromatic N) is 2. The fourth-order valence-electron chi connectivity index (χ4n) is 2.04. The van der Waals surface area contributed by atoms with E-state index in [1.54, 1.807) is 18.0 Å². The maximum Gasteiger partial charge on any atom is 0.265 e. The topological polar surface area (TPSA) is 46.9 Å². The molecule has 3 aromatic rings. The minimum Gasteiger partial charge on any atom is -0.329 e. The Kier molecular flexibility index (Phi) is 4.54. The summed E-state index contributed by atoms with van der Waals surface area (Å²) >= 11 is 3.11. The minimum absolute atomic E-state index is 0.0595. The van der Waals surface area contributed by atoms with Crippen LogP contribution in [0.2, 0.25) is 0 Å². The van der Waals surface area contributed by atoms with E-state index in [4.69, 9.17) is 0 Å². The number of rotatable bonds is 4. The summed E-state index contributed by atoms with van der Waals surface area (Å²) in [6.45, 7) is 4.05. The highest BCUT2D eigenvalue weighted by atomic mass is 32.2. The molecule has 118 valence electrons. The molecule has 0 saturated heterocycles. The number of thiophene rings is 1. The van der Waals surface area contributed by atoms with E-state index in [0.29, 0.717) is 0 Å². The van der Waals surface area contributed by atoms with Crippen molar-refractivity contribution in [3.8, 4) is 0 Å². The molecule has 0 aliphatic rings. The van der Waals surface area contributed by atoms with Crippen molar-refractivity contribution in [2.45, 2.75) is 23.9 Å². The molecule has 0 aliphatic heterocycles. The second-order valence-electron chi connectivity index (χ2n) is 5.25. The lowest BCUT2D eigenvalue weighted by molar-refractivity contribution is 0.103. The maximum absolute atomic E-state index is 12.2. The van der Waals surface area contributed by atoms with E-state index in [9.17, 15) is 4.79 Å². The Morgan fingerprint density at radius 3 is 2.57 bits per heavy atom. The lowest BCUT2D eigenvalue weighted by Crippen LogP contribution is -2.09. The van der Waals surface area contributed by atoms with Crippen LogP contribution in [0.25, 0.3) is 0 Å². The van der Waals surface area contributed by atoms with E-state index in [1.165, 1.54) is 16.2 Å². The molecule has 2 heterocycles. The second-order valence-corrected chi connectivity index (χ2v) is 7.55. The summed E-state index contributed by atoms with van der Waals surface area (Å²) in [5.74, 6) is -0.0595. The van der Waals surface area contributed by atoms with Crippen molar-refractivity contribution in [1.82, 2.24) is 9.55 Å². The number of benzene rings is 1. The van der Waals surface area contributed by atoms with Gasteiger partial charge in [0.15, 0.2) is 5.16 Å². The zero-order chi connectivity index (χ0) is 16.4. The van der Waals surface area contributed by atoms with Gasteiger partial charge < -0.3 is 9.88 Å². The van der Waals surface area contributed by atoms with Crippen LogP contribution in [-0.4, -0.2) is 15.5 Å². The van der Waals surface area contributed by atoms with Crippen molar-refractivity contribution in [1.29, 1.82) is 0 Å². The molecular weight excluding hydrogens is 326 g/mol. The predicted octanol–water partition coefficient (Wildman–Crippen LogP) is 4.50. The number of amides is 1. The van der Waals surface area contributed by atoms with Crippen LogP contribution in [0, 0.1) is 13.8 Å². The standard InChI is InChI=1S/C17H17N3OS2/c1-11-10-15(22-12(11)2)16(21)19-13-4-6-14(7-5-13)23-17-18-8-9-20(17)3/h4-10H,1-3H3,(H,19,21). The first-order valence-corrected chi connectivity index (χ1v) is 8.80. The quantitative estimate of drug-likeness (QED) is 0.758. The van der Waals surface area contributed by atoms with Gasteiger partial charge in [-0.15, -0.1) is 11.3 Å². The van der Waals surface area contributed by atoms with Gasteiger partial charge in [-0.25, -0.2) is 4.98 Å². The first-order chi connectivity index (χ1) is 11.0. The van der Waals surface area contributed by atoms with E-state index in [2.05, 4.69) is 10.3 Å². The lowest BCUT2D eigenvalue weighted by atomic mass is 10.2. The third kappa shape index (κ3) is 3.65. The molecule has 3 rings (SSSR count). The van der Waals surface area contributed by atoms with E-state index >= 15 is 0 Å². The third-order valence-corrected chi connectivity index (χ3v) is 5.72. The Balaban J connectivity index is 1.67. The molecule has 0 atom stereocenters. The predicted molar refractivity (Wildman–Crippen MR) is 95.5 cm³/mol. The molecule has 0 fully saturated rings. The molecule has 0 bridgehead atoms. The SMILES string of the molecule is Cc1cc(C(=O)Nc2ccc(Sc3nccn3C)cc2)sc1C. The average molecular weight is 343 g/mol. The lowest BCUT2D eigenvalue weighted by Gasteiger charge is -2.05. The van der Waals surface area contributed by atoms with Crippen LogP contribution in [-0.2, 0) is 7.05 Å². The van der Waals surface area contributed by atoms with Crippen LogP contribution in [0.15, 0.2) is 52.8 Å². The molecule has 6 heteroatoms. The van der Waals surface area contributed by atoms with Gasteiger partial charge in [0.05, 0.1) is 4.88 Å². The maximum atomic E-state index is 12.2. The van der Waals surface area contributed by atoms with Crippen molar-refractivity contribution < 1.29 is 4.79 Å². The molecule has 0 radical (unpaired) electrons. The largest absolute Gasteiger partial charge is 0.329 e. The van der Waals surface area contributed by atoms with Crippen molar-refractivity contribution in [2.75, 3.05) is 5.32 Å². The van der Waals surface area contributed by atoms with Gasteiger partial charge in [0.25, 0.3) is 5.91 Å². The molecule has 4 nitrogen and oxygen atoms in total. The summed E-state index contributed by atoms with van der Waals surface area (Å²) in [5.41, 5.74) is 1.95. The van der Waals surface area contributed by atoms with Crippen molar-refractivity contribution >= 4 is 34.7 Å². The highest BCUT2D eigenvalue weighted by molar-refractivity contribution is 7.99. The Morgan fingerprint density at radius 2 is 2.00 bits per heavy atom. The molecule has 0 aliphatic carbocycles. The van der Waals surface area contributed by atoms with Gasteiger partial charge in [0.1, 0.15) is 0 Å². The molecule has 0 unspecified atom stereocenters. The number of hydrogen-bond acceptors (Lipinski definition) is 4. The smallest absolute Gasteiger partial charge is 0.265 e. The molecule has 1 N–H and O–H groups in total. The summed E-state index contributed by atoms with van der Waals surface area (Å²) in [7, 11) is 1.97. The number of hydrogen-bond donors (Lipinski definition) is 1. The molecule has 0 saturated carbocycles. The molecule has 1 amide bonds. The highest BCUT2D eigenvalue weighted by Gasteiger charge is 2.11. The Morgan fingerprint density at radius 1 is 1.26 bits per heavy atom. The van der Waals surface area contributed by atoms with Crippen LogP contribution in [0.4, 0.5) is 5.69 Å². The monoisotopic (exact) mass is 343 g/mol. The summed E-state index contributed by atoms with van der Waals surface area (Å²) in [5, 5.41) is 3.87. The van der Waals surface area contributed by atoms with Crippen LogP contribution in [0.3, 0.4) is 0 Å². The number of carbonyl (C=O) groups excluding carboxylic acids is 1. The van der Waals surface area contributed by atoms with Crippen molar-refractivity contribution in [2.24, 2.45) is 7.05 Å². The van der Waals surface area contributed by atoms with Crippen LogP contribution in [0.5, 0.6) is 0 Å².